The number of fused-ring (bicyclic) bond motifs is 1. The van der Waals surface area contributed by atoms with Crippen molar-refractivity contribution in [1.82, 2.24) is 10.2 Å². The number of para-hydroxylation sites is 1. The Balaban J connectivity index is 1.80. The van der Waals surface area contributed by atoms with E-state index in [1.807, 2.05) is 48.5 Å². The highest BCUT2D eigenvalue weighted by Gasteiger charge is 2.16. The molecule has 0 N–H and O–H groups in total. The maximum absolute atomic E-state index is 6.01. The first-order valence-corrected chi connectivity index (χ1v) is 9.74. The Morgan fingerprint density at radius 3 is 2.52 bits per heavy atom. The molecule has 0 saturated heterocycles. The highest BCUT2D eigenvalue weighted by Crippen LogP contribution is 2.38. The summed E-state index contributed by atoms with van der Waals surface area (Å²) >= 11 is 7.66. The van der Waals surface area contributed by atoms with Gasteiger partial charge in [-0.1, -0.05) is 35.9 Å². The third-order valence-electron chi connectivity index (χ3n) is 4.19. The van der Waals surface area contributed by atoms with Crippen LogP contribution >= 0.6 is 22.9 Å². The van der Waals surface area contributed by atoms with Gasteiger partial charge in [0.2, 0.25) is 0 Å². The van der Waals surface area contributed by atoms with E-state index in [1.165, 1.54) is 0 Å². The van der Waals surface area contributed by atoms with Crippen LogP contribution in [0.2, 0.25) is 5.02 Å². The number of thiophene rings is 1. The van der Waals surface area contributed by atoms with Gasteiger partial charge in [-0.3, -0.25) is 0 Å². The van der Waals surface area contributed by atoms with E-state index in [0.717, 1.165) is 38.4 Å². The van der Waals surface area contributed by atoms with Crippen LogP contribution in [0.5, 0.6) is 5.75 Å². The van der Waals surface area contributed by atoms with Gasteiger partial charge in [0.05, 0.1) is 11.3 Å². The Kier molecular flexibility index (Phi) is 5.34. The molecule has 0 spiro atoms. The number of aromatic nitrogens is 2. The maximum Gasteiger partial charge on any atom is 0.128 e. The molecular weight excluding hydrogens is 380 g/mol. The van der Waals surface area contributed by atoms with Gasteiger partial charge in [0.1, 0.15) is 23.7 Å². The second-order valence-electron chi connectivity index (χ2n) is 5.90. The van der Waals surface area contributed by atoms with E-state index < -0.39 is 0 Å². The predicted molar refractivity (Wildman–Crippen MR) is 111 cm³/mol. The zero-order valence-corrected chi connectivity index (χ0v) is 16.3. The first-order valence-electron chi connectivity index (χ1n) is 8.49. The van der Waals surface area contributed by atoms with Gasteiger partial charge in [-0.2, -0.15) is 0 Å². The second-order valence-corrected chi connectivity index (χ2v) is 7.26. The van der Waals surface area contributed by atoms with Gasteiger partial charge in [-0.15, -0.1) is 21.5 Å². The Bertz CT molecular complexity index is 1060. The average molecular weight is 397 g/mol. The molecule has 0 aliphatic heterocycles. The monoisotopic (exact) mass is 396 g/mol. The third kappa shape index (κ3) is 3.67. The van der Waals surface area contributed by atoms with E-state index in [1.54, 1.807) is 18.4 Å². The smallest absolute Gasteiger partial charge is 0.128 e. The van der Waals surface area contributed by atoms with E-state index in [4.69, 9.17) is 21.1 Å². The highest BCUT2D eigenvalue weighted by atomic mass is 35.5. The number of hydrogen-bond donors (Lipinski definition) is 0. The molecule has 4 nitrogen and oxygen atoms in total. The van der Waals surface area contributed by atoms with Crippen LogP contribution in [0.1, 0.15) is 0 Å². The average Bonchev–Trinajstić information content (AvgIpc) is 3.19. The Hall–Kier alpha value is -2.47. The summed E-state index contributed by atoms with van der Waals surface area (Å²) in [5.41, 5.74) is 3.60. The van der Waals surface area contributed by atoms with Crippen LogP contribution in [0, 0.1) is 0 Å². The van der Waals surface area contributed by atoms with Crippen LogP contribution in [-0.4, -0.2) is 30.5 Å². The molecular formula is C21H17ClN2O2S. The number of nitrogens with zero attached hydrogens (tertiary/aromatic N) is 2. The summed E-state index contributed by atoms with van der Waals surface area (Å²) in [5.74, 6) is 0.776. The van der Waals surface area contributed by atoms with Crippen LogP contribution in [-0.2, 0) is 4.74 Å². The fourth-order valence-electron chi connectivity index (χ4n) is 2.90. The molecule has 2 heterocycles. The normalized spacial score (nSPS) is 11.0. The van der Waals surface area contributed by atoms with Crippen LogP contribution in [0.25, 0.3) is 32.6 Å². The van der Waals surface area contributed by atoms with Gasteiger partial charge in [0.15, 0.2) is 0 Å². The summed E-state index contributed by atoms with van der Waals surface area (Å²) in [6.07, 6.45) is 0. The number of halogens is 1. The zero-order valence-electron chi connectivity index (χ0n) is 14.7. The van der Waals surface area contributed by atoms with Crippen molar-refractivity contribution in [3.8, 4) is 28.3 Å². The van der Waals surface area contributed by atoms with Gasteiger partial charge in [0, 0.05) is 28.6 Å². The molecule has 4 aromatic rings. The van der Waals surface area contributed by atoms with Gasteiger partial charge in [-0.05, 0) is 35.7 Å². The van der Waals surface area contributed by atoms with Crippen molar-refractivity contribution in [2.24, 2.45) is 0 Å². The molecule has 0 radical (unpaired) electrons. The molecule has 0 saturated carbocycles. The Morgan fingerprint density at radius 1 is 0.926 bits per heavy atom. The minimum absolute atomic E-state index is 0.484. The third-order valence-corrected chi connectivity index (χ3v) is 5.36. The summed E-state index contributed by atoms with van der Waals surface area (Å²) in [4.78, 5) is 0. The highest BCUT2D eigenvalue weighted by molar-refractivity contribution is 7.17. The number of benzene rings is 2. The lowest BCUT2D eigenvalue weighted by molar-refractivity contribution is 0.146. The van der Waals surface area contributed by atoms with Gasteiger partial charge < -0.3 is 9.47 Å². The summed E-state index contributed by atoms with van der Waals surface area (Å²) in [6.45, 7) is 1.02. The molecule has 27 heavy (non-hydrogen) atoms. The van der Waals surface area contributed by atoms with E-state index >= 15 is 0 Å². The van der Waals surface area contributed by atoms with Crippen LogP contribution < -0.4 is 4.74 Å². The molecule has 0 atom stereocenters. The van der Waals surface area contributed by atoms with Crippen molar-refractivity contribution in [2.45, 2.75) is 0 Å². The van der Waals surface area contributed by atoms with Crippen LogP contribution in [0.3, 0.4) is 0 Å². The number of methoxy groups -OCH3 is 1. The van der Waals surface area contributed by atoms with Gasteiger partial charge in [0.25, 0.3) is 0 Å². The Morgan fingerprint density at radius 2 is 1.70 bits per heavy atom. The topological polar surface area (TPSA) is 44.2 Å². The van der Waals surface area contributed by atoms with E-state index in [9.17, 15) is 0 Å². The molecule has 0 fully saturated rings. The lowest BCUT2D eigenvalue weighted by Gasteiger charge is -2.12. The van der Waals surface area contributed by atoms with Gasteiger partial charge in [-0.25, -0.2) is 0 Å². The van der Waals surface area contributed by atoms with Crippen molar-refractivity contribution < 1.29 is 9.47 Å². The van der Waals surface area contributed by atoms with Crippen molar-refractivity contribution >= 4 is 33.0 Å². The summed E-state index contributed by atoms with van der Waals surface area (Å²) in [5, 5.41) is 12.9. The molecule has 0 aliphatic rings. The van der Waals surface area contributed by atoms with Crippen LogP contribution in [0.15, 0.2) is 60.0 Å². The lowest BCUT2D eigenvalue weighted by atomic mass is 10.1. The van der Waals surface area contributed by atoms with Crippen molar-refractivity contribution in [2.75, 3.05) is 20.3 Å². The minimum atomic E-state index is 0.484. The number of ether oxygens (including phenoxy) is 2. The van der Waals surface area contributed by atoms with E-state index in [2.05, 4.69) is 21.6 Å². The largest absolute Gasteiger partial charge is 0.490 e. The molecule has 2 aromatic heterocycles. The molecule has 2 aromatic carbocycles. The summed E-state index contributed by atoms with van der Waals surface area (Å²) in [6, 6.07) is 17.6. The summed E-state index contributed by atoms with van der Waals surface area (Å²) in [7, 11) is 1.66. The molecule has 136 valence electrons. The van der Waals surface area contributed by atoms with Crippen LogP contribution in [0.4, 0.5) is 0 Å². The SMILES string of the molecule is COCCOc1ccccc1-c1nnc(-c2ccc(Cl)cc2)c2ccsc12. The maximum atomic E-state index is 6.01. The lowest BCUT2D eigenvalue weighted by Crippen LogP contribution is -2.05. The molecule has 0 unspecified atom stereocenters. The summed E-state index contributed by atoms with van der Waals surface area (Å²) < 4.78 is 12.0. The first-order chi connectivity index (χ1) is 13.3. The number of hydrogen-bond acceptors (Lipinski definition) is 5. The zero-order chi connectivity index (χ0) is 18.6. The van der Waals surface area contributed by atoms with E-state index in [0.29, 0.717) is 18.2 Å². The second kappa shape index (κ2) is 8.05. The van der Waals surface area contributed by atoms with Crippen molar-refractivity contribution in [3.05, 3.63) is 65.0 Å². The Labute approximate surface area is 166 Å². The quantitative estimate of drug-likeness (QED) is 0.392. The predicted octanol–water partition coefficient (Wildman–Crippen LogP) is 5.70. The molecule has 0 bridgehead atoms. The minimum Gasteiger partial charge on any atom is -0.490 e. The molecule has 6 heteroatoms. The standard InChI is InChI=1S/C21H17ClN2O2S/c1-25-11-12-26-18-5-3-2-4-16(18)20-21-17(10-13-27-21)19(23-24-20)14-6-8-15(22)9-7-14/h2-10,13H,11-12H2,1H3. The molecule has 0 aliphatic carbocycles. The number of rotatable bonds is 6. The fourth-order valence-corrected chi connectivity index (χ4v) is 3.92. The van der Waals surface area contributed by atoms with E-state index in [-0.39, 0.29) is 0 Å². The first kappa shape index (κ1) is 17.9. The van der Waals surface area contributed by atoms with Gasteiger partial charge >= 0.3 is 0 Å². The fraction of sp³-hybridized carbons (Fsp3) is 0.143. The van der Waals surface area contributed by atoms with Crippen molar-refractivity contribution in [1.29, 1.82) is 0 Å². The molecule has 4 rings (SSSR count). The molecule has 0 amide bonds. The van der Waals surface area contributed by atoms with Crippen molar-refractivity contribution in [3.63, 3.8) is 0 Å².